The maximum Gasteiger partial charge on any atom is 0.0712 e. The molecule has 1 rings (SSSR count). The van der Waals surface area contributed by atoms with Crippen molar-refractivity contribution in [2.45, 2.75) is 45.6 Å². The molecule has 1 aliphatic rings. The van der Waals surface area contributed by atoms with Gasteiger partial charge in [0.15, 0.2) is 0 Å². The van der Waals surface area contributed by atoms with Gasteiger partial charge in [-0.3, -0.25) is 0 Å². The van der Waals surface area contributed by atoms with Crippen LogP contribution in [-0.2, 0) is 4.74 Å². The number of nitrogens with one attached hydrogen (secondary N) is 2. The number of hydrogen-bond acceptors (Lipinski definition) is 3. The lowest BCUT2D eigenvalue weighted by atomic mass is 10.1. The molecule has 1 atom stereocenters. The van der Waals surface area contributed by atoms with Gasteiger partial charge in [-0.2, -0.15) is 0 Å². The first-order valence-electron chi connectivity index (χ1n) is 6.82. The molecule has 0 bridgehead atoms. The fraction of sp³-hybridized carbons (Fsp3) is 1.00. The SMILES string of the molecule is CC(C)CCCCNCCC1CNCCO1. The molecule has 3 heteroatoms. The highest BCUT2D eigenvalue weighted by Gasteiger charge is 2.11. The van der Waals surface area contributed by atoms with Crippen molar-refractivity contribution in [3.63, 3.8) is 0 Å². The predicted molar refractivity (Wildman–Crippen MR) is 68.8 cm³/mol. The average Bonchev–Trinajstić information content (AvgIpc) is 2.29. The van der Waals surface area contributed by atoms with Crippen molar-refractivity contribution in [3.8, 4) is 0 Å². The van der Waals surface area contributed by atoms with Crippen LogP contribution in [0.1, 0.15) is 39.5 Å². The molecular formula is C13H28N2O. The Hall–Kier alpha value is -0.120. The Labute approximate surface area is 100 Å². The quantitative estimate of drug-likeness (QED) is 0.621. The van der Waals surface area contributed by atoms with E-state index in [2.05, 4.69) is 24.5 Å². The van der Waals surface area contributed by atoms with Crippen LogP contribution in [0, 0.1) is 5.92 Å². The van der Waals surface area contributed by atoms with Crippen molar-refractivity contribution >= 4 is 0 Å². The van der Waals surface area contributed by atoms with Gasteiger partial charge in [0.2, 0.25) is 0 Å². The van der Waals surface area contributed by atoms with E-state index >= 15 is 0 Å². The summed E-state index contributed by atoms with van der Waals surface area (Å²) in [5.41, 5.74) is 0. The summed E-state index contributed by atoms with van der Waals surface area (Å²) in [6.45, 7) is 9.75. The first kappa shape index (κ1) is 13.9. The van der Waals surface area contributed by atoms with Crippen LogP contribution in [0.4, 0.5) is 0 Å². The molecule has 0 saturated carbocycles. The summed E-state index contributed by atoms with van der Waals surface area (Å²) < 4.78 is 5.63. The fourth-order valence-corrected chi connectivity index (χ4v) is 2.00. The first-order chi connectivity index (χ1) is 7.79. The molecule has 1 saturated heterocycles. The third-order valence-corrected chi connectivity index (χ3v) is 3.03. The highest BCUT2D eigenvalue weighted by molar-refractivity contribution is 4.67. The van der Waals surface area contributed by atoms with Crippen molar-refractivity contribution in [2.75, 3.05) is 32.8 Å². The second-order valence-electron chi connectivity index (χ2n) is 5.13. The zero-order valence-electron chi connectivity index (χ0n) is 10.9. The number of ether oxygens (including phenoxy) is 1. The van der Waals surface area contributed by atoms with Crippen LogP contribution in [0.3, 0.4) is 0 Å². The standard InChI is InChI=1S/C13H28N2O/c1-12(2)5-3-4-7-14-8-6-13-11-15-9-10-16-13/h12-15H,3-11H2,1-2H3. The summed E-state index contributed by atoms with van der Waals surface area (Å²) in [4.78, 5) is 0. The number of morpholine rings is 1. The summed E-state index contributed by atoms with van der Waals surface area (Å²) in [6, 6.07) is 0. The minimum Gasteiger partial charge on any atom is -0.376 e. The largest absolute Gasteiger partial charge is 0.376 e. The minimum atomic E-state index is 0.428. The van der Waals surface area contributed by atoms with Gasteiger partial charge in [0.05, 0.1) is 12.7 Å². The van der Waals surface area contributed by atoms with Crippen LogP contribution in [-0.4, -0.2) is 38.9 Å². The summed E-state index contributed by atoms with van der Waals surface area (Å²) in [5.74, 6) is 0.849. The number of rotatable bonds is 8. The smallest absolute Gasteiger partial charge is 0.0712 e. The molecule has 1 unspecified atom stereocenters. The topological polar surface area (TPSA) is 33.3 Å². The van der Waals surface area contributed by atoms with Crippen molar-refractivity contribution in [1.29, 1.82) is 0 Å². The maximum atomic E-state index is 5.63. The van der Waals surface area contributed by atoms with Crippen LogP contribution >= 0.6 is 0 Å². The minimum absolute atomic E-state index is 0.428. The summed E-state index contributed by atoms with van der Waals surface area (Å²) in [6.07, 6.45) is 5.58. The Morgan fingerprint density at radius 3 is 2.88 bits per heavy atom. The zero-order chi connectivity index (χ0) is 11.6. The van der Waals surface area contributed by atoms with Gasteiger partial charge in [0, 0.05) is 13.1 Å². The fourth-order valence-electron chi connectivity index (χ4n) is 2.00. The highest BCUT2D eigenvalue weighted by atomic mass is 16.5. The Kier molecular flexibility index (Phi) is 7.81. The number of hydrogen-bond donors (Lipinski definition) is 2. The van der Waals surface area contributed by atoms with E-state index in [1.807, 2.05) is 0 Å². The molecule has 16 heavy (non-hydrogen) atoms. The van der Waals surface area contributed by atoms with Gasteiger partial charge < -0.3 is 15.4 Å². The maximum absolute atomic E-state index is 5.63. The second kappa shape index (κ2) is 8.97. The lowest BCUT2D eigenvalue weighted by molar-refractivity contribution is 0.0239. The molecule has 1 heterocycles. The van der Waals surface area contributed by atoms with Gasteiger partial charge in [-0.15, -0.1) is 0 Å². The molecule has 2 N–H and O–H groups in total. The lowest BCUT2D eigenvalue weighted by Gasteiger charge is -2.23. The van der Waals surface area contributed by atoms with E-state index in [0.717, 1.165) is 45.1 Å². The van der Waals surface area contributed by atoms with E-state index in [9.17, 15) is 0 Å². The normalized spacial score (nSPS) is 21.6. The van der Waals surface area contributed by atoms with E-state index in [0.29, 0.717) is 6.10 Å². The van der Waals surface area contributed by atoms with Gasteiger partial charge >= 0.3 is 0 Å². The zero-order valence-corrected chi connectivity index (χ0v) is 10.9. The highest BCUT2D eigenvalue weighted by Crippen LogP contribution is 2.05. The average molecular weight is 228 g/mol. The van der Waals surface area contributed by atoms with Crippen molar-refractivity contribution < 1.29 is 4.74 Å². The van der Waals surface area contributed by atoms with Crippen LogP contribution in [0.5, 0.6) is 0 Å². The molecule has 3 nitrogen and oxygen atoms in total. The lowest BCUT2D eigenvalue weighted by Crippen LogP contribution is -2.40. The molecular weight excluding hydrogens is 200 g/mol. The molecule has 0 spiro atoms. The van der Waals surface area contributed by atoms with Crippen LogP contribution in [0.2, 0.25) is 0 Å². The Balaban J connectivity index is 1.80. The molecule has 0 radical (unpaired) electrons. The van der Waals surface area contributed by atoms with Crippen molar-refractivity contribution in [2.24, 2.45) is 5.92 Å². The Morgan fingerprint density at radius 1 is 1.31 bits per heavy atom. The molecule has 0 amide bonds. The third-order valence-electron chi connectivity index (χ3n) is 3.03. The van der Waals surface area contributed by atoms with Crippen molar-refractivity contribution in [1.82, 2.24) is 10.6 Å². The molecule has 0 aromatic carbocycles. The first-order valence-corrected chi connectivity index (χ1v) is 6.82. The predicted octanol–water partition coefficient (Wildman–Crippen LogP) is 1.78. The van der Waals surface area contributed by atoms with Gasteiger partial charge in [-0.1, -0.05) is 26.7 Å². The van der Waals surface area contributed by atoms with E-state index in [4.69, 9.17) is 4.74 Å². The third kappa shape index (κ3) is 7.20. The molecule has 96 valence electrons. The molecule has 0 aliphatic carbocycles. The molecule has 1 fully saturated rings. The van der Waals surface area contributed by atoms with Crippen LogP contribution in [0.25, 0.3) is 0 Å². The van der Waals surface area contributed by atoms with Gasteiger partial charge in [0.25, 0.3) is 0 Å². The Morgan fingerprint density at radius 2 is 2.19 bits per heavy atom. The van der Waals surface area contributed by atoms with Gasteiger partial charge in [-0.05, 0) is 31.8 Å². The summed E-state index contributed by atoms with van der Waals surface area (Å²) >= 11 is 0. The van der Waals surface area contributed by atoms with E-state index < -0.39 is 0 Å². The molecule has 0 aromatic heterocycles. The second-order valence-corrected chi connectivity index (χ2v) is 5.13. The summed E-state index contributed by atoms with van der Waals surface area (Å²) in [5, 5.41) is 6.85. The van der Waals surface area contributed by atoms with Crippen LogP contribution < -0.4 is 10.6 Å². The summed E-state index contributed by atoms with van der Waals surface area (Å²) in [7, 11) is 0. The van der Waals surface area contributed by atoms with Gasteiger partial charge in [0.1, 0.15) is 0 Å². The number of unbranched alkanes of at least 4 members (excludes halogenated alkanes) is 1. The van der Waals surface area contributed by atoms with Crippen LogP contribution in [0.15, 0.2) is 0 Å². The van der Waals surface area contributed by atoms with E-state index in [-0.39, 0.29) is 0 Å². The van der Waals surface area contributed by atoms with Crippen molar-refractivity contribution in [3.05, 3.63) is 0 Å². The Bertz CT molecular complexity index is 156. The monoisotopic (exact) mass is 228 g/mol. The molecule has 1 aliphatic heterocycles. The van der Waals surface area contributed by atoms with Gasteiger partial charge in [-0.25, -0.2) is 0 Å². The molecule has 0 aromatic rings. The van der Waals surface area contributed by atoms with E-state index in [1.165, 1.54) is 19.3 Å². The van der Waals surface area contributed by atoms with E-state index in [1.54, 1.807) is 0 Å².